The van der Waals surface area contributed by atoms with Crippen LogP contribution in [0.4, 0.5) is 0 Å². The van der Waals surface area contributed by atoms with Gasteiger partial charge in [0.25, 0.3) is 0 Å². The largest absolute Gasteiger partial charge is 0.356 e. The van der Waals surface area contributed by atoms with Crippen molar-refractivity contribution in [3.63, 3.8) is 0 Å². The first-order chi connectivity index (χ1) is 8.11. The van der Waals surface area contributed by atoms with E-state index in [0.29, 0.717) is 5.92 Å². The summed E-state index contributed by atoms with van der Waals surface area (Å²) < 4.78 is 0. The van der Waals surface area contributed by atoms with Crippen molar-refractivity contribution < 1.29 is 0 Å². The first-order valence-electron chi connectivity index (χ1n) is 5.80. The topological polar surface area (TPSA) is 36.4 Å². The van der Waals surface area contributed by atoms with Crippen molar-refractivity contribution >= 4 is 41.5 Å². The van der Waals surface area contributed by atoms with E-state index in [1.807, 2.05) is 24.3 Å². The maximum absolute atomic E-state index is 5.83. The number of benzene rings is 1. The summed E-state index contributed by atoms with van der Waals surface area (Å²) >= 11 is 5.83. The Morgan fingerprint density at radius 2 is 1.83 bits per heavy atom. The lowest BCUT2D eigenvalue weighted by molar-refractivity contribution is 0.614. The van der Waals surface area contributed by atoms with E-state index in [9.17, 15) is 0 Å². The quantitative estimate of drug-likeness (QED) is 0.477. The monoisotopic (exact) mass is 381 g/mol. The van der Waals surface area contributed by atoms with Crippen molar-refractivity contribution in [1.29, 1.82) is 0 Å². The second-order valence-corrected chi connectivity index (χ2v) is 4.76. The summed E-state index contributed by atoms with van der Waals surface area (Å²) in [6.45, 7) is 5.99. The predicted molar refractivity (Wildman–Crippen MR) is 89.9 cm³/mol. The van der Waals surface area contributed by atoms with Crippen LogP contribution in [-0.4, -0.2) is 19.6 Å². The zero-order chi connectivity index (χ0) is 12.7. The lowest BCUT2D eigenvalue weighted by atomic mass is 10.2. The molecule has 1 aromatic rings. The summed E-state index contributed by atoms with van der Waals surface area (Å²) in [4.78, 5) is 4.16. The van der Waals surface area contributed by atoms with Crippen LogP contribution in [0.15, 0.2) is 29.3 Å². The molecular weight excluding hydrogens is 361 g/mol. The summed E-state index contributed by atoms with van der Waals surface area (Å²) in [5.41, 5.74) is 1.18. The van der Waals surface area contributed by atoms with Gasteiger partial charge in [0, 0.05) is 25.2 Å². The number of nitrogens with zero attached hydrogens (tertiary/aromatic N) is 1. The Morgan fingerprint density at radius 1 is 1.22 bits per heavy atom. The van der Waals surface area contributed by atoms with Gasteiger partial charge >= 0.3 is 0 Å². The van der Waals surface area contributed by atoms with E-state index < -0.39 is 0 Å². The van der Waals surface area contributed by atoms with Gasteiger partial charge in [-0.25, -0.2) is 0 Å². The standard InChI is InChI=1S/C13H20ClN3.HI/c1-10(2)8-16-13(15-3)17-9-11-4-6-12(14)7-5-11;/h4-7,10H,8-9H2,1-3H3,(H2,15,16,17);1H. The zero-order valence-corrected chi connectivity index (χ0v) is 14.1. The minimum absolute atomic E-state index is 0. The third kappa shape index (κ3) is 7.06. The number of hydrogen-bond donors (Lipinski definition) is 2. The van der Waals surface area contributed by atoms with Crippen molar-refractivity contribution in [3.05, 3.63) is 34.9 Å². The molecule has 5 heteroatoms. The average molecular weight is 382 g/mol. The molecule has 0 bridgehead atoms. The molecule has 0 saturated carbocycles. The van der Waals surface area contributed by atoms with Crippen molar-refractivity contribution in [3.8, 4) is 0 Å². The third-order valence-electron chi connectivity index (χ3n) is 2.27. The molecule has 0 amide bonds. The predicted octanol–water partition coefficient (Wildman–Crippen LogP) is 3.28. The Balaban J connectivity index is 0.00000289. The molecule has 0 aliphatic carbocycles. The van der Waals surface area contributed by atoms with Crippen molar-refractivity contribution in [2.75, 3.05) is 13.6 Å². The summed E-state index contributed by atoms with van der Waals surface area (Å²) in [6.07, 6.45) is 0. The van der Waals surface area contributed by atoms with E-state index in [4.69, 9.17) is 11.6 Å². The molecule has 0 saturated heterocycles. The maximum atomic E-state index is 5.83. The molecule has 1 rings (SSSR count). The van der Waals surface area contributed by atoms with Gasteiger partial charge in [-0.05, 0) is 23.6 Å². The molecule has 18 heavy (non-hydrogen) atoms. The van der Waals surface area contributed by atoms with Gasteiger partial charge in [0.2, 0.25) is 0 Å². The first-order valence-corrected chi connectivity index (χ1v) is 6.18. The minimum Gasteiger partial charge on any atom is -0.356 e. The van der Waals surface area contributed by atoms with E-state index in [2.05, 4.69) is 29.5 Å². The molecule has 0 fully saturated rings. The molecule has 0 spiro atoms. The Labute approximate surface area is 131 Å². The molecule has 1 aromatic carbocycles. The Kier molecular flexibility index (Phi) is 9.18. The smallest absolute Gasteiger partial charge is 0.191 e. The van der Waals surface area contributed by atoms with Gasteiger partial charge in [-0.3, -0.25) is 4.99 Å². The first kappa shape index (κ1) is 17.5. The van der Waals surface area contributed by atoms with Gasteiger partial charge in [0.15, 0.2) is 5.96 Å². The lowest BCUT2D eigenvalue weighted by Crippen LogP contribution is -2.38. The number of nitrogens with one attached hydrogen (secondary N) is 2. The normalized spacial score (nSPS) is 11.1. The average Bonchev–Trinajstić information content (AvgIpc) is 2.31. The van der Waals surface area contributed by atoms with Crippen molar-refractivity contribution in [2.24, 2.45) is 10.9 Å². The molecule has 0 heterocycles. The SMILES string of the molecule is CN=C(NCc1ccc(Cl)cc1)NCC(C)C.I. The van der Waals surface area contributed by atoms with Crippen LogP contribution in [0.3, 0.4) is 0 Å². The summed E-state index contributed by atoms with van der Waals surface area (Å²) in [5.74, 6) is 1.43. The highest BCUT2D eigenvalue weighted by Gasteiger charge is 1.99. The minimum atomic E-state index is 0. The van der Waals surface area contributed by atoms with Crippen LogP contribution in [0, 0.1) is 5.92 Å². The lowest BCUT2D eigenvalue weighted by Gasteiger charge is -2.13. The van der Waals surface area contributed by atoms with Gasteiger partial charge in [0.1, 0.15) is 0 Å². The highest BCUT2D eigenvalue weighted by atomic mass is 127. The van der Waals surface area contributed by atoms with Gasteiger partial charge < -0.3 is 10.6 Å². The van der Waals surface area contributed by atoms with Crippen molar-refractivity contribution in [2.45, 2.75) is 20.4 Å². The van der Waals surface area contributed by atoms with Crippen LogP contribution in [0.5, 0.6) is 0 Å². The molecule has 0 aliphatic rings. The Bertz CT molecular complexity index is 363. The molecule has 102 valence electrons. The van der Waals surface area contributed by atoms with Gasteiger partial charge in [0.05, 0.1) is 0 Å². The zero-order valence-electron chi connectivity index (χ0n) is 11.0. The second kappa shape index (κ2) is 9.44. The van der Waals surface area contributed by atoms with Crippen molar-refractivity contribution in [1.82, 2.24) is 10.6 Å². The van der Waals surface area contributed by atoms with Gasteiger partial charge in [-0.15, -0.1) is 24.0 Å². The molecule has 0 radical (unpaired) electrons. The molecule has 2 N–H and O–H groups in total. The fourth-order valence-corrected chi connectivity index (χ4v) is 1.44. The third-order valence-corrected chi connectivity index (χ3v) is 2.53. The molecular formula is C13H21ClIN3. The van der Waals surface area contributed by atoms with Crippen LogP contribution in [0.2, 0.25) is 5.02 Å². The number of rotatable bonds is 4. The fraction of sp³-hybridized carbons (Fsp3) is 0.462. The van der Waals surface area contributed by atoms with Crippen LogP contribution in [0.25, 0.3) is 0 Å². The fourth-order valence-electron chi connectivity index (χ4n) is 1.31. The molecule has 0 unspecified atom stereocenters. The van der Waals surface area contributed by atoms with E-state index in [1.54, 1.807) is 7.05 Å². The van der Waals surface area contributed by atoms with Gasteiger partial charge in [-0.2, -0.15) is 0 Å². The van der Waals surface area contributed by atoms with E-state index in [0.717, 1.165) is 24.1 Å². The number of halogens is 2. The van der Waals surface area contributed by atoms with Gasteiger partial charge in [-0.1, -0.05) is 37.6 Å². The maximum Gasteiger partial charge on any atom is 0.191 e. The number of guanidine groups is 1. The Hall–Kier alpha value is -0.490. The molecule has 0 aromatic heterocycles. The Morgan fingerprint density at radius 3 is 2.33 bits per heavy atom. The number of hydrogen-bond acceptors (Lipinski definition) is 1. The summed E-state index contributed by atoms with van der Waals surface area (Å²) in [5, 5.41) is 7.28. The molecule has 0 atom stereocenters. The van der Waals surface area contributed by atoms with Crippen LogP contribution >= 0.6 is 35.6 Å². The number of aliphatic imine (C=N–C) groups is 1. The molecule has 0 aliphatic heterocycles. The van der Waals surface area contributed by atoms with E-state index >= 15 is 0 Å². The highest BCUT2D eigenvalue weighted by molar-refractivity contribution is 14.0. The van der Waals surface area contributed by atoms with E-state index in [1.165, 1.54) is 5.56 Å². The highest BCUT2D eigenvalue weighted by Crippen LogP contribution is 2.08. The molecule has 3 nitrogen and oxygen atoms in total. The van der Waals surface area contributed by atoms with Crippen LogP contribution in [0.1, 0.15) is 19.4 Å². The summed E-state index contributed by atoms with van der Waals surface area (Å²) in [6, 6.07) is 7.79. The second-order valence-electron chi connectivity index (χ2n) is 4.33. The summed E-state index contributed by atoms with van der Waals surface area (Å²) in [7, 11) is 1.78. The van der Waals surface area contributed by atoms with Crippen LogP contribution < -0.4 is 10.6 Å². The van der Waals surface area contributed by atoms with E-state index in [-0.39, 0.29) is 24.0 Å². The van der Waals surface area contributed by atoms with Crippen LogP contribution in [-0.2, 0) is 6.54 Å².